The van der Waals surface area contributed by atoms with Crippen LogP contribution in [-0.2, 0) is 9.59 Å². The van der Waals surface area contributed by atoms with Crippen LogP contribution in [-0.4, -0.2) is 56.9 Å². The van der Waals surface area contributed by atoms with E-state index in [1.165, 1.54) is 11.8 Å². The summed E-state index contributed by atoms with van der Waals surface area (Å²) >= 11 is 7.30. The number of aromatic nitrogens is 3. The summed E-state index contributed by atoms with van der Waals surface area (Å²) in [5, 5.41) is 12.0. The Kier molecular flexibility index (Phi) is 6.51. The highest BCUT2D eigenvalue weighted by atomic mass is 35.5. The van der Waals surface area contributed by atoms with Gasteiger partial charge in [0.25, 0.3) is 0 Å². The number of hydrogen-bond acceptors (Lipinski definition) is 5. The number of thioether (sulfide) groups is 1. The van der Waals surface area contributed by atoms with Crippen molar-refractivity contribution >= 4 is 35.2 Å². The molecule has 0 saturated carbocycles. The van der Waals surface area contributed by atoms with Crippen LogP contribution in [0.25, 0.3) is 5.69 Å². The van der Waals surface area contributed by atoms with Gasteiger partial charge < -0.3 is 10.2 Å². The smallest absolute Gasteiger partial charge is 0.230 e. The summed E-state index contributed by atoms with van der Waals surface area (Å²) in [4.78, 5) is 25.8. The number of likely N-dealkylation sites (tertiary alicyclic amines) is 1. The normalized spacial score (nSPS) is 13.8. The fourth-order valence-electron chi connectivity index (χ4n) is 2.74. The fourth-order valence-corrected chi connectivity index (χ4v) is 3.68. The highest BCUT2D eigenvalue weighted by Gasteiger charge is 2.17. The van der Waals surface area contributed by atoms with Crippen LogP contribution < -0.4 is 5.32 Å². The van der Waals surface area contributed by atoms with Gasteiger partial charge in [-0.2, -0.15) is 0 Å². The van der Waals surface area contributed by atoms with E-state index in [1.807, 2.05) is 17.0 Å². The molecule has 2 aromatic rings. The quantitative estimate of drug-likeness (QED) is 0.729. The second-order valence-corrected chi connectivity index (χ2v) is 7.32. The fraction of sp³-hybridized carbons (Fsp3) is 0.412. The zero-order valence-corrected chi connectivity index (χ0v) is 15.8. The van der Waals surface area contributed by atoms with Gasteiger partial charge in [0.15, 0.2) is 5.16 Å². The molecule has 2 amide bonds. The van der Waals surface area contributed by atoms with E-state index in [-0.39, 0.29) is 17.6 Å². The van der Waals surface area contributed by atoms with Gasteiger partial charge in [-0.1, -0.05) is 29.4 Å². The van der Waals surface area contributed by atoms with Gasteiger partial charge in [0.1, 0.15) is 6.33 Å². The first kappa shape index (κ1) is 18.7. The molecule has 0 unspecified atom stereocenters. The molecule has 1 N–H and O–H groups in total. The first-order chi connectivity index (χ1) is 12.6. The van der Waals surface area contributed by atoms with Crippen LogP contribution in [0.4, 0.5) is 0 Å². The lowest BCUT2D eigenvalue weighted by Crippen LogP contribution is -2.33. The molecular weight excluding hydrogens is 374 g/mol. The van der Waals surface area contributed by atoms with Crippen LogP contribution in [0.2, 0.25) is 5.02 Å². The van der Waals surface area contributed by atoms with Crippen LogP contribution in [0.3, 0.4) is 0 Å². The van der Waals surface area contributed by atoms with Crippen molar-refractivity contribution in [1.82, 2.24) is 25.0 Å². The second-order valence-electron chi connectivity index (χ2n) is 5.94. The highest BCUT2D eigenvalue weighted by molar-refractivity contribution is 7.99. The third kappa shape index (κ3) is 4.98. The van der Waals surface area contributed by atoms with Crippen LogP contribution in [0.5, 0.6) is 0 Å². The lowest BCUT2D eigenvalue weighted by atomic mass is 10.3. The molecule has 0 aliphatic carbocycles. The Bertz CT molecular complexity index is 776. The molecule has 0 atom stereocenters. The van der Waals surface area contributed by atoms with Gasteiger partial charge >= 0.3 is 0 Å². The van der Waals surface area contributed by atoms with Crippen molar-refractivity contribution in [2.45, 2.75) is 24.4 Å². The minimum Gasteiger partial charge on any atom is -0.355 e. The predicted molar refractivity (Wildman–Crippen MR) is 101 cm³/mol. The van der Waals surface area contributed by atoms with Crippen LogP contribution in [0.15, 0.2) is 35.7 Å². The van der Waals surface area contributed by atoms with Crippen molar-refractivity contribution in [3.8, 4) is 5.69 Å². The third-order valence-corrected chi connectivity index (χ3v) is 5.23. The zero-order valence-electron chi connectivity index (χ0n) is 14.2. The van der Waals surface area contributed by atoms with Gasteiger partial charge in [0.05, 0.1) is 11.4 Å². The Hall–Kier alpha value is -2.06. The largest absolute Gasteiger partial charge is 0.355 e. The van der Waals surface area contributed by atoms with E-state index in [0.29, 0.717) is 23.1 Å². The van der Waals surface area contributed by atoms with Crippen molar-refractivity contribution in [3.63, 3.8) is 0 Å². The molecule has 1 aromatic carbocycles. The Morgan fingerprint density at radius 1 is 1.27 bits per heavy atom. The number of carbonyl (C=O) groups is 2. The van der Waals surface area contributed by atoms with E-state index in [9.17, 15) is 9.59 Å². The summed E-state index contributed by atoms with van der Waals surface area (Å²) in [7, 11) is 0. The number of carbonyl (C=O) groups excluding carboxylic acids is 2. The van der Waals surface area contributed by atoms with Crippen LogP contribution in [0.1, 0.15) is 19.3 Å². The van der Waals surface area contributed by atoms with Crippen molar-refractivity contribution in [1.29, 1.82) is 0 Å². The SMILES string of the molecule is O=C(CSc1nncn1-c1cccc(Cl)c1)NCCC(=O)N1CCCC1. The maximum absolute atomic E-state index is 12.0. The van der Waals surface area contributed by atoms with Gasteiger partial charge in [-0.15, -0.1) is 10.2 Å². The molecule has 9 heteroatoms. The maximum Gasteiger partial charge on any atom is 0.230 e. The maximum atomic E-state index is 12.0. The van der Waals surface area contributed by atoms with Gasteiger partial charge in [-0.25, -0.2) is 0 Å². The molecule has 1 aliphatic rings. The van der Waals surface area contributed by atoms with Crippen molar-refractivity contribution in [3.05, 3.63) is 35.6 Å². The zero-order chi connectivity index (χ0) is 18.4. The Morgan fingerprint density at radius 3 is 2.85 bits per heavy atom. The topological polar surface area (TPSA) is 80.1 Å². The summed E-state index contributed by atoms with van der Waals surface area (Å²) in [5.74, 6) is 0.179. The number of benzene rings is 1. The Labute approximate surface area is 161 Å². The third-order valence-electron chi connectivity index (χ3n) is 4.06. The Morgan fingerprint density at radius 2 is 2.08 bits per heavy atom. The minimum atomic E-state index is -0.134. The molecule has 3 rings (SSSR count). The Balaban J connectivity index is 1.45. The monoisotopic (exact) mass is 393 g/mol. The summed E-state index contributed by atoms with van der Waals surface area (Å²) in [6.07, 6.45) is 4.07. The molecule has 2 heterocycles. The number of nitrogens with zero attached hydrogens (tertiary/aromatic N) is 4. The summed E-state index contributed by atoms with van der Waals surface area (Å²) in [6, 6.07) is 7.33. The lowest BCUT2D eigenvalue weighted by molar-refractivity contribution is -0.130. The van der Waals surface area contributed by atoms with Crippen molar-refractivity contribution < 1.29 is 9.59 Å². The van der Waals surface area contributed by atoms with E-state index < -0.39 is 0 Å². The molecule has 1 aliphatic heterocycles. The predicted octanol–water partition coefficient (Wildman–Crippen LogP) is 2.14. The molecule has 0 bridgehead atoms. The van der Waals surface area contributed by atoms with Crippen molar-refractivity contribution in [2.24, 2.45) is 0 Å². The summed E-state index contributed by atoms with van der Waals surface area (Å²) in [5.41, 5.74) is 0.835. The van der Waals surface area contributed by atoms with Gasteiger partial charge in [0, 0.05) is 31.1 Å². The van der Waals surface area contributed by atoms with Crippen LogP contribution >= 0.6 is 23.4 Å². The molecule has 0 spiro atoms. The molecule has 1 saturated heterocycles. The number of nitrogens with one attached hydrogen (secondary N) is 1. The van der Waals surface area contributed by atoms with E-state index >= 15 is 0 Å². The first-order valence-electron chi connectivity index (χ1n) is 8.47. The molecule has 26 heavy (non-hydrogen) atoms. The highest BCUT2D eigenvalue weighted by Crippen LogP contribution is 2.21. The van der Waals surface area contributed by atoms with E-state index in [1.54, 1.807) is 23.0 Å². The molecule has 138 valence electrons. The van der Waals surface area contributed by atoms with Gasteiger partial charge in [-0.05, 0) is 31.0 Å². The van der Waals surface area contributed by atoms with E-state index in [4.69, 9.17) is 11.6 Å². The summed E-state index contributed by atoms with van der Waals surface area (Å²) < 4.78 is 1.78. The van der Waals surface area contributed by atoms with Crippen LogP contribution in [0, 0.1) is 0 Å². The number of hydrogen-bond donors (Lipinski definition) is 1. The van der Waals surface area contributed by atoms with Gasteiger partial charge in [0.2, 0.25) is 11.8 Å². The first-order valence-corrected chi connectivity index (χ1v) is 9.83. The molecule has 7 nitrogen and oxygen atoms in total. The van der Waals surface area contributed by atoms with E-state index in [2.05, 4.69) is 15.5 Å². The minimum absolute atomic E-state index is 0.108. The van der Waals surface area contributed by atoms with Crippen molar-refractivity contribution in [2.75, 3.05) is 25.4 Å². The number of rotatable bonds is 7. The summed E-state index contributed by atoms with van der Waals surface area (Å²) in [6.45, 7) is 2.03. The number of amides is 2. The van der Waals surface area contributed by atoms with E-state index in [0.717, 1.165) is 31.6 Å². The average Bonchev–Trinajstić information content (AvgIpc) is 3.31. The molecule has 1 fully saturated rings. The lowest BCUT2D eigenvalue weighted by Gasteiger charge is -2.15. The molecule has 1 aromatic heterocycles. The number of halogens is 1. The molecule has 0 radical (unpaired) electrons. The average molecular weight is 394 g/mol. The van der Waals surface area contributed by atoms with Gasteiger partial charge in [-0.3, -0.25) is 14.2 Å². The standard InChI is InChI=1S/C17H20ClN5O2S/c18-13-4-3-5-14(10-13)23-12-20-21-17(23)26-11-15(24)19-7-6-16(25)22-8-1-2-9-22/h3-5,10,12H,1-2,6-9,11H2,(H,19,24). The second kappa shape index (κ2) is 9.05. The molecular formula is C17H20ClN5O2S.